The molecule has 1 aromatic carbocycles. The van der Waals surface area contributed by atoms with Crippen LogP contribution in [-0.4, -0.2) is 29.0 Å². The topological polar surface area (TPSA) is 101 Å². The number of carboxylic acid groups (broad SMARTS) is 1. The highest BCUT2D eigenvalue weighted by atomic mass is 32.2. The molecule has 2 aromatic rings. The number of nitrogens with one attached hydrogen (secondary N) is 1. The van der Waals surface area contributed by atoms with Crippen molar-refractivity contribution >= 4 is 16.0 Å². The van der Waals surface area contributed by atoms with Crippen LogP contribution in [0.15, 0.2) is 35.5 Å². The summed E-state index contributed by atoms with van der Waals surface area (Å²) in [5.74, 6) is -0.314. The van der Waals surface area contributed by atoms with Gasteiger partial charge >= 0.3 is 5.97 Å². The predicted octanol–water partition coefficient (Wildman–Crippen LogP) is 1.63. The molecule has 1 aromatic heterocycles. The van der Waals surface area contributed by atoms with E-state index < -0.39 is 22.0 Å². The zero-order chi connectivity index (χ0) is 17.3. The number of imidazole rings is 1. The molecule has 2 heterocycles. The second-order valence-electron chi connectivity index (χ2n) is 5.90. The zero-order valence-electron chi connectivity index (χ0n) is 13.3. The molecule has 0 saturated carbocycles. The maximum absolute atomic E-state index is 12.8. The van der Waals surface area contributed by atoms with Crippen molar-refractivity contribution in [1.29, 1.82) is 0 Å². The quantitative estimate of drug-likeness (QED) is 0.825. The molecule has 1 atom stereocenters. The molecular formula is C16H19N3O4S. The van der Waals surface area contributed by atoms with Crippen molar-refractivity contribution in [2.45, 2.75) is 43.8 Å². The van der Waals surface area contributed by atoms with Crippen LogP contribution in [0.4, 0.5) is 0 Å². The van der Waals surface area contributed by atoms with Gasteiger partial charge in [-0.15, -0.1) is 0 Å². The fourth-order valence-electron chi connectivity index (χ4n) is 3.06. The largest absolute Gasteiger partial charge is 0.481 e. The zero-order valence-corrected chi connectivity index (χ0v) is 14.1. The molecule has 128 valence electrons. The average Bonchev–Trinajstić information content (AvgIpc) is 3.08. The Labute approximate surface area is 140 Å². The Morgan fingerprint density at radius 2 is 2.17 bits per heavy atom. The van der Waals surface area contributed by atoms with Crippen LogP contribution in [0.3, 0.4) is 0 Å². The number of carboxylic acids is 1. The number of sulfonamides is 1. The highest BCUT2D eigenvalue weighted by molar-refractivity contribution is 7.89. The van der Waals surface area contributed by atoms with E-state index in [-0.39, 0.29) is 11.4 Å². The molecule has 1 aliphatic heterocycles. The van der Waals surface area contributed by atoms with Gasteiger partial charge in [-0.1, -0.05) is 24.3 Å². The van der Waals surface area contributed by atoms with Gasteiger partial charge in [-0.25, -0.2) is 18.1 Å². The smallest absolute Gasteiger partial charge is 0.305 e. The number of hydrogen-bond donors (Lipinski definition) is 2. The van der Waals surface area contributed by atoms with Crippen molar-refractivity contribution in [2.24, 2.45) is 0 Å². The number of rotatable bonds is 6. The molecule has 0 aliphatic carbocycles. The van der Waals surface area contributed by atoms with Gasteiger partial charge in [0.1, 0.15) is 5.82 Å². The van der Waals surface area contributed by atoms with Crippen LogP contribution >= 0.6 is 0 Å². The summed E-state index contributed by atoms with van der Waals surface area (Å²) in [5, 5.41) is 9.26. The molecule has 0 saturated heterocycles. The lowest BCUT2D eigenvalue weighted by molar-refractivity contribution is -0.137. The van der Waals surface area contributed by atoms with Gasteiger partial charge < -0.3 is 9.67 Å². The number of hydrogen-bond acceptors (Lipinski definition) is 4. The van der Waals surface area contributed by atoms with Crippen molar-refractivity contribution in [1.82, 2.24) is 14.3 Å². The molecule has 24 heavy (non-hydrogen) atoms. The number of aromatic nitrogens is 2. The summed E-state index contributed by atoms with van der Waals surface area (Å²) < 4.78 is 29.8. The van der Waals surface area contributed by atoms with Gasteiger partial charge in [-0.3, -0.25) is 4.79 Å². The van der Waals surface area contributed by atoms with E-state index in [4.69, 9.17) is 5.11 Å². The van der Waals surface area contributed by atoms with Crippen LogP contribution in [0.25, 0.3) is 0 Å². The second-order valence-corrected chi connectivity index (χ2v) is 7.56. The molecule has 3 rings (SSSR count). The lowest BCUT2D eigenvalue weighted by Crippen LogP contribution is -2.32. The van der Waals surface area contributed by atoms with Gasteiger partial charge in [-0.2, -0.15) is 0 Å². The number of aryl methyl sites for hydroxylation is 2. The van der Waals surface area contributed by atoms with Gasteiger partial charge in [0.05, 0.1) is 18.7 Å². The van der Waals surface area contributed by atoms with Crippen LogP contribution in [0.1, 0.15) is 35.8 Å². The normalized spacial score (nSPS) is 15.2. The Morgan fingerprint density at radius 1 is 1.42 bits per heavy atom. The summed E-state index contributed by atoms with van der Waals surface area (Å²) in [6.45, 7) is 2.44. The Kier molecular flexibility index (Phi) is 4.42. The predicted molar refractivity (Wildman–Crippen MR) is 87.0 cm³/mol. The molecule has 7 nitrogen and oxygen atoms in total. The minimum absolute atomic E-state index is 0.0963. The molecule has 2 N–H and O–H groups in total. The van der Waals surface area contributed by atoms with Crippen LogP contribution in [0, 0.1) is 6.92 Å². The number of benzene rings is 1. The first-order valence-electron chi connectivity index (χ1n) is 7.72. The molecule has 1 aliphatic rings. The standard InChI is InChI=1S/C16H19N3O4S/c1-11-5-2-3-6-12(11)13(9-16(20)21)18-24(22,23)15-10-17-14-7-4-8-19(14)15/h2-3,5-6,10,13,18H,4,7-9H2,1H3,(H,20,21). The maximum atomic E-state index is 12.8. The van der Waals surface area contributed by atoms with Gasteiger partial charge in [0, 0.05) is 13.0 Å². The summed E-state index contributed by atoms with van der Waals surface area (Å²) >= 11 is 0. The summed E-state index contributed by atoms with van der Waals surface area (Å²) in [7, 11) is -3.86. The Hall–Kier alpha value is -2.19. The monoisotopic (exact) mass is 349 g/mol. The highest BCUT2D eigenvalue weighted by Crippen LogP contribution is 2.25. The molecule has 0 spiro atoms. The van der Waals surface area contributed by atoms with E-state index >= 15 is 0 Å². The van der Waals surface area contributed by atoms with E-state index in [2.05, 4.69) is 9.71 Å². The van der Waals surface area contributed by atoms with Crippen LogP contribution < -0.4 is 4.72 Å². The van der Waals surface area contributed by atoms with Gasteiger partial charge in [0.2, 0.25) is 0 Å². The van der Waals surface area contributed by atoms with Gasteiger partial charge in [0.25, 0.3) is 10.0 Å². The van der Waals surface area contributed by atoms with E-state index in [0.29, 0.717) is 12.1 Å². The molecule has 8 heteroatoms. The third-order valence-corrected chi connectivity index (χ3v) is 5.67. The van der Waals surface area contributed by atoms with Gasteiger partial charge in [-0.05, 0) is 24.5 Å². The molecular weight excluding hydrogens is 330 g/mol. The van der Waals surface area contributed by atoms with Crippen molar-refractivity contribution < 1.29 is 18.3 Å². The fraction of sp³-hybridized carbons (Fsp3) is 0.375. The van der Waals surface area contributed by atoms with Crippen LogP contribution in [-0.2, 0) is 27.8 Å². The molecule has 0 radical (unpaired) electrons. The number of fused-ring (bicyclic) bond motifs is 1. The van der Waals surface area contributed by atoms with Crippen molar-refractivity contribution in [3.63, 3.8) is 0 Å². The van der Waals surface area contributed by atoms with E-state index in [1.807, 2.05) is 19.1 Å². The summed E-state index contributed by atoms with van der Waals surface area (Å²) in [4.78, 5) is 15.4. The van der Waals surface area contributed by atoms with E-state index in [9.17, 15) is 13.2 Å². The first kappa shape index (κ1) is 16.7. The van der Waals surface area contributed by atoms with E-state index in [1.54, 1.807) is 16.7 Å². The Bertz CT molecular complexity index is 873. The summed E-state index contributed by atoms with van der Waals surface area (Å²) in [6, 6.07) is 6.33. The number of nitrogens with zero attached hydrogens (tertiary/aromatic N) is 2. The first-order valence-corrected chi connectivity index (χ1v) is 9.21. The van der Waals surface area contributed by atoms with Crippen molar-refractivity contribution in [3.05, 3.63) is 47.4 Å². The second kappa shape index (κ2) is 6.37. The number of aliphatic carboxylic acids is 1. The minimum atomic E-state index is -3.86. The SMILES string of the molecule is Cc1ccccc1C(CC(=O)O)NS(=O)(=O)c1cnc2n1CCC2. The molecule has 0 bridgehead atoms. The maximum Gasteiger partial charge on any atom is 0.305 e. The van der Waals surface area contributed by atoms with Crippen LogP contribution in [0.5, 0.6) is 0 Å². The van der Waals surface area contributed by atoms with Crippen molar-refractivity contribution in [3.8, 4) is 0 Å². The fourth-order valence-corrected chi connectivity index (χ4v) is 4.44. The third kappa shape index (κ3) is 3.20. The molecule has 1 unspecified atom stereocenters. The Morgan fingerprint density at radius 3 is 2.88 bits per heavy atom. The average molecular weight is 349 g/mol. The van der Waals surface area contributed by atoms with Crippen molar-refractivity contribution in [2.75, 3.05) is 0 Å². The lowest BCUT2D eigenvalue weighted by atomic mass is 10.00. The minimum Gasteiger partial charge on any atom is -0.481 e. The van der Waals surface area contributed by atoms with E-state index in [0.717, 1.165) is 24.2 Å². The number of carbonyl (C=O) groups is 1. The molecule has 0 fully saturated rings. The van der Waals surface area contributed by atoms with E-state index in [1.165, 1.54) is 6.20 Å². The lowest BCUT2D eigenvalue weighted by Gasteiger charge is -2.19. The third-order valence-electron chi connectivity index (χ3n) is 4.20. The molecule has 0 amide bonds. The summed E-state index contributed by atoms with van der Waals surface area (Å²) in [6.07, 6.45) is 2.63. The first-order chi connectivity index (χ1) is 11.4. The van der Waals surface area contributed by atoms with Gasteiger partial charge in [0.15, 0.2) is 5.03 Å². The van der Waals surface area contributed by atoms with Crippen LogP contribution in [0.2, 0.25) is 0 Å². The summed E-state index contributed by atoms with van der Waals surface area (Å²) in [5.41, 5.74) is 1.49. The highest BCUT2D eigenvalue weighted by Gasteiger charge is 2.29. The Balaban J connectivity index is 1.94.